The highest BCUT2D eigenvalue weighted by Crippen LogP contribution is 2.15. The van der Waals surface area contributed by atoms with Crippen LogP contribution in [0, 0.1) is 0 Å². The lowest BCUT2D eigenvalue weighted by Crippen LogP contribution is -2.31. The molecule has 0 aliphatic rings. The number of rotatable bonds is 4. The summed E-state index contributed by atoms with van der Waals surface area (Å²) in [5.74, 6) is -1.27. The molecule has 0 bridgehead atoms. The molecule has 0 saturated carbocycles. The Balaban J connectivity index is 2.54. The highest BCUT2D eigenvalue weighted by molar-refractivity contribution is 5.87. The molecule has 98 valence electrons. The van der Waals surface area contributed by atoms with Crippen molar-refractivity contribution in [3.05, 3.63) is 70.1 Å². The van der Waals surface area contributed by atoms with Gasteiger partial charge in [0.25, 0.3) is 5.56 Å². The Bertz CT molecular complexity index is 633. The van der Waals surface area contributed by atoms with Gasteiger partial charge in [0, 0.05) is 6.20 Å². The Kier molecular flexibility index (Phi) is 3.77. The number of aromatic nitrogens is 1. The second-order valence-corrected chi connectivity index (χ2v) is 4.05. The van der Waals surface area contributed by atoms with E-state index in [1.807, 2.05) is 6.07 Å². The molecule has 2 rings (SSSR count). The van der Waals surface area contributed by atoms with E-state index in [9.17, 15) is 14.7 Å². The molecule has 2 N–H and O–H groups in total. The van der Waals surface area contributed by atoms with Crippen LogP contribution < -0.4 is 5.56 Å². The fraction of sp³-hybridized carbons (Fsp3) is 0.143. The van der Waals surface area contributed by atoms with Crippen molar-refractivity contribution in [3.63, 3.8) is 0 Å². The van der Waals surface area contributed by atoms with Gasteiger partial charge >= 0.3 is 5.97 Å². The Morgan fingerprint density at radius 1 is 1.16 bits per heavy atom. The highest BCUT2D eigenvalue weighted by Gasteiger charge is 2.17. The van der Waals surface area contributed by atoms with Crippen LogP contribution >= 0.6 is 0 Å². The zero-order chi connectivity index (χ0) is 13.8. The molecule has 0 spiro atoms. The Hall–Kier alpha value is -2.40. The summed E-state index contributed by atoms with van der Waals surface area (Å²) in [5, 5.41) is 18.4. The topological polar surface area (TPSA) is 79.5 Å². The minimum absolute atomic E-state index is 0.285. The van der Waals surface area contributed by atoms with Gasteiger partial charge in [0.2, 0.25) is 0 Å². The first-order valence-corrected chi connectivity index (χ1v) is 5.75. The number of carboxylic acids is 1. The molecule has 0 amide bonds. The number of aliphatic hydroxyl groups is 1. The Morgan fingerprint density at radius 2 is 1.84 bits per heavy atom. The molecule has 0 aliphatic heterocycles. The molecular weight excluding hydrogens is 246 g/mol. The molecule has 1 atom stereocenters. The number of carbonyl (C=O) groups is 1. The number of hydrogen-bond donors (Lipinski definition) is 2. The largest absolute Gasteiger partial charge is 0.477 e. The molecule has 0 saturated heterocycles. The number of aromatic carboxylic acids is 1. The number of hydrogen-bond acceptors (Lipinski definition) is 3. The zero-order valence-corrected chi connectivity index (χ0v) is 10.1. The van der Waals surface area contributed by atoms with Crippen LogP contribution in [-0.4, -0.2) is 27.4 Å². The number of pyridine rings is 1. The van der Waals surface area contributed by atoms with Gasteiger partial charge in [-0.3, -0.25) is 4.79 Å². The minimum atomic E-state index is -1.27. The smallest absolute Gasteiger partial charge is 0.341 e. The quantitative estimate of drug-likeness (QED) is 0.862. The van der Waals surface area contributed by atoms with Crippen molar-refractivity contribution in [2.75, 3.05) is 6.61 Å². The van der Waals surface area contributed by atoms with E-state index in [0.29, 0.717) is 0 Å². The van der Waals surface area contributed by atoms with Gasteiger partial charge in [-0.15, -0.1) is 0 Å². The van der Waals surface area contributed by atoms with Gasteiger partial charge in [-0.1, -0.05) is 30.3 Å². The van der Waals surface area contributed by atoms with Gasteiger partial charge in [-0.05, 0) is 17.7 Å². The highest BCUT2D eigenvalue weighted by atomic mass is 16.4. The van der Waals surface area contributed by atoms with E-state index < -0.39 is 17.6 Å². The third kappa shape index (κ3) is 2.56. The fourth-order valence-electron chi connectivity index (χ4n) is 1.95. The first kappa shape index (κ1) is 13.0. The third-order valence-corrected chi connectivity index (χ3v) is 2.90. The summed E-state index contributed by atoms with van der Waals surface area (Å²) in [6, 6.07) is 11.1. The summed E-state index contributed by atoms with van der Waals surface area (Å²) in [4.78, 5) is 23.0. The molecule has 0 fully saturated rings. The van der Waals surface area contributed by atoms with Gasteiger partial charge in [0.05, 0.1) is 12.6 Å². The SMILES string of the molecule is O=C(O)c1cccn([C@@H](CO)c2ccccc2)c1=O. The lowest BCUT2D eigenvalue weighted by Gasteiger charge is -2.18. The monoisotopic (exact) mass is 259 g/mol. The lowest BCUT2D eigenvalue weighted by molar-refractivity contribution is 0.0693. The average Bonchev–Trinajstić information content (AvgIpc) is 2.42. The van der Waals surface area contributed by atoms with Crippen LogP contribution in [0.15, 0.2) is 53.5 Å². The van der Waals surface area contributed by atoms with Gasteiger partial charge in [0.15, 0.2) is 0 Å². The van der Waals surface area contributed by atoms with Crippen LogP contribution in [0.2, 0.25) is 0 Å². The maximum atomic E-state index is 12.1. The first-order valence-electron chi connectivity index (χ1n) is 5.75. The van der Waals surface area contributed by atoms with Crippen LogP contribution in [0.25, 0.3) is 0 Å². The van der Waals surface area contributed by atoms with Crippen LogP contribution in [0.1, 0.15) is 22.0 Å². The molecule has 5 nitrogen and oxygen atoms in total. The van der Waals surface area contributed by atoms with E-state index in [-0.39, 0.29) is 12.2 Å². The fourth-order valence-corrected chi connectivity index (χ4v) is 1.95. The molecule has 1 aromatic heterocycles. The maximum absolute atomic E-state index is 12.1. The van der Waals surface area contributed by atoms with E-state index in [2.05, 4.69) is 0 Å². The van der Waals surface area contributed by atoms with Crippen LogP contribution in [-0.2, 0) is 0 Å². The first-order chi connectivity index (χ1) is 9.15. The van der Waals surface area contributed by atoms with Crippen LogP contribution in [0.3, 0.4) is 0 Å². The minimum Gasteiger partial charge on any atom is -0.477 e. The number of aliphatic hydroxyl groups excluding tert-OH is 1. The van der Waals surface area contributed by atoms with Gasteiger partial charge < -0.3 is 14.8 Å². The molecule has 1 aromatic carbocycles. The van der Waals surface area contributed by atoms with E-state index in [1.165, 1.54) is 22.9 Å². The van der Waals surface area contributed by atoms with E-state index in [1.54, 1.807) is 24.3 Å². The maximum Gasteiger partial charge on any atom is 0.341 e. The predicted octanol–water partition coefficient (Wildman–Crippen LogP) is 1.13. The summed E-state index contributed by atoms with van der Waals surface area (Å²) in [6.07, 6.45) is 1.47. The number of carboxylic acid groups (broad SMARTS) is 1. The Labute approximate surface area is 109 Å². The van der Waals surface area contributed by atoms with Gasteiger partial charge in [-0.2, -0.15) is 0 Å². The summed E-state index contributed by atoms with van der Waals surface area (Å²) in [6.45, 7) is -0.285. The van der Waals surface area contributed by atoms with E-state index in [0.717, 1.165) is 5.56 Å². The average molecular weight is 259 g/mol. The molecular formula is C14H13NO4. The summed E-state index contributed by atoms with van der Waals surface area (Å²) in [7, 11) is 0. The van der Waals surface area contributed by atoms with Crippen molar-refractivity contribution in [2.45, 2.75) is 6.04 Å². The normalized spacial score (nSPS) is 12.1. The van der Waals surface area contributed by atoms with Crippen molar-refractivity contribution in [2.24, 2.45) is 0 Å². The summed E-state index contributed by atoms with van der Waals surface area (Å²) in [5.41, 5.74) is -0.190. The van der Waals surface area contributed by atoms with Crippen molar-refractivity contribution in [1.82, 2.24) is 4.57 Å². The molecule has 0 unspecified atom stereocenters. The molecule has 0 radical (unpaired) electrons. The number of nitrogens with zero attached hydrogens (tertiary/aromatic N) is 1. The van der Waals surface area contributed by atoms with E-state index in [4.69, 9.17) is 5.11 Å². The van der Waals surface area contributed by atoms with Crippen molar-refractivity contribution in [1.29, 1.82) is 0 Å². The standard InChI is InChI=1S/C14H13NO4/c16-9-12(10-5-2-1-3-6-10)15-8-4-7-11(13(15)17)14(18)19/h1-8,12,16H,9H2,(H,18,19)/t12-/m0/s1. The van der Waals surface area contributed by atoms with E-state index >= 15 is 0 Å². The summed E-state index contributed by atoms with van der Waals surface area (Å²) >= 11 is 0. The lowest BCUT2D eigenvalue weighted by atomic mass is 10.1. The molecule has 2 aromatic rings. The van der Waals surface area contributed by atoms with Crippen molar-refractivity contribution >= 4 is 5.97 Å². The summed E-state index contributed by atoms with van der Waals surface area (Å²) < 4.78 is 1.23. The predicted molar refractivity (Wildman–Crippen MR) is 69.3 cm³/mol. The third-order valence-electron chi connectivity index (χ3n) is 2.90. The zero-order valence-electron chi connectivity index (χ0n) is 10.1. The second-order valence-electron chi connectivity index (χ2n) is 4.05. The van der Waals surface area contributed by atoms with Gasteiger partial charge in [0.1, 0.15) is 5.56 Å². The van der Waals surface area contributed by atoms with Gasteiger partial charge in [-0.25, -0.2) is 4.79 Å². The van der Waals surface area contributed by atoms with Crippen molar-refractivity contribution < 1.29 is 15.0 Å². The molecule has 0 aliphatic carbocycles. The number of benzene rings is 1. The molecule has 5 heteroatoms. The van der Waals surface area contributed by atoms with Crippen LogP contribution in [0.4, 0.5) is 0 Å². The van der Waals surface area contributed by atoms with Crippen molar-refractivity contribution in [3.8, 4) is 0 Å². The second kappa shape index (κ2) is 5.49. The molecule has 19 heavy (non-hydrogen) atoms. The Morgan fingerprint density at radius 3 is 2.42 bits per heavy atom. The molecule has 1 heterocycles. The van der Waals surface area contributed by atoms with Crippen LogP contribution in [0.5, 0.6) is 0 Å².